The molecular formula is C11H17N3. The van der Waals surface area contributed by atoms with Crippen LogP contribution in [-0.4, -0.2) is 22.6 Å². The molecule has 1 saturated heterocycles. The van der Waals surface area contributed by atoms with Crippen molar-refractivity contribution < 1.29 is 0 Å². The highest BCUT2D eigenvalue weighted by Crippen LogP contribution is 2.32. The summed E-state index contributed by atoms with van der Waals surface area (Å²) in [6.07, 6.45) is 2.42. The summed E-state index contributed by atoms with van der Waals surface area (Å²) >= 11 is 0. The van der Waals surface area contributed by atoms with Crippen molar-refractivity contribution in [3.63, 3.8) is 0 Å². The lowest BCUT2D eigenvalue weighted by atomic mass is 9.82. The molecule has 1 aromatic heterocycles. The molecule has 0 amide bonds. The molecule has 3 heteroatoms. The Hall–Kier alpha value is -0.830. The molecule has 3 rings (SSSR count). The minimum absolute atomic E-state index is 0.844. The molecule has 1 aliphatic heterocycles. The summed E-state index contributed by atoms with van der Waals surface area (Å²) in [5.41, 5.74) is 2.84. The van der Waals surface area contributed by atoms with Gasteiger partial charge in [0.25, 0.3) is 0 Å². The third-order valence-electron chi connectivity index (χ3n) is 3.91. The molecule has 76 valence electrons. The Morgan fingerprint density at radius 1 is 1.29 bits per heavy atom. The molecule has 0 saturated carbocycles. The van der Waals surface area contributed by atoms with E-state index < -0.39 is 0 Å². The molecule has 14 heavy (non-hydrogen) atoms. The topological polar surface area (TPSA) is 29.9 Å². The fourth-order valence-electron chi connectivity index (χ4n) is 2.90. The van der Waals surface area contributed by atoms with E-state index in [4.69, 9.17) is 0 Å². The Morgan fingerprint density at radius 3 is 2.79 bits per heavy atom. The van der Waals surface area contributed by atoms with Gasteiger partial charge in [-0.1, -0.05) is 0 Å². The second-order valence-electron chi connectivity index (χ2n) is 4.70. The van der Waals surface area contributed by atoms with E-state index in [1.54, 1.807) is 0 Å². The maximum Gasteiger partial charge on any atom is 0.105 e. The van der Waals surface area contributed by atoms with Crippen LogP contribution in [0.3, 0.4) is 0 Å². The summed E-state index contributed by atoms with van der Waals surface area (Å²) in [6.45, 7) is 4.50. The molecule has 0 bridgehead atoms. The number of nitrogens with one attached hydrogen (secondary N) is 1. The van der Waals surface area contributed by atoms with Gasteiger partial charge in [0.2, 0.25) is 0 Å². The minimum Gasteiger partial charge on any atom is -0.335 e. The summed E-state index contributed by atoms with van der Waals surface area (Å²) in [6, 6.07) is 0. The van der Waals surface area contributed by atoms with Gasteiger partial charge >= 0.3 is 0 Å². The van der Waals surface area contributed by atoms with Crippen LogP contribution >= 0.6 is 0 Å². The first-order chi connectivity index (χ1) is 6.75. The van der Waals surface area contributed by atoms with Crippen molar-refractivity contribution in [1.29, 1.82) is 0 Å². The van der Waals surface area contributed by atoms with Crippen LogP contribution in [0.15, 0.2) is 0 Å². The second kappa shape index (κ2) is 2.83. The average Bonchev–Trinajstić information content (AvgIpc) is 2.70. The van der Waals surface area contributed by atoms with Crippen LogP contribution < -0.4 is 5.32 Å². The molecule has 2 atom stereocenters. The lowest BCUT2D eigenvalue weighted by Crippen LogP contribution is -2.24. The minimum atomic E-state index is 0.844. The highest BCUT2D eigenvalue weighted by Gasteiger charge is 2.34. The molecule has 2 heterocycles. The van der Waals surface area contributed by atoms with Gasteiger partial charge in [-0.15, -0.1) is 0 Å². The van der Waals surface area contributed by atoms with Crippen LogP contribution in [0.4, 0.5) is 0 Å². The van der Waals surface area contributed by atoms with Crippen LogP contribution in [0.5, 0.6) is 0 Å². The Kier molecular flexibility index (Phi) is 1.71. The van der Waals surface area contributed by atoms with Gasteiger partial charge in [0.1, 0.15) is 5.82 Å². The van der Waals surface area contributed by atoms with Crippen molar-refractivity contribution in [1.82, 2.24) is 14.9 Å². The van der Waals surface area contributed by atoms with Crippen molar-refractivity contribution in [2.45, 2.75) is 19.8 Å². The van der Waals surface area contributed by atoms with Gasteiger partial charge in [0, 0.05) is 12.7 Å². The Morgan fingerprint density at radius 2 is 2.00 bits per heavy atom. The number of hydrogen-bond acceptors (Lipinski definition) is 2. The zero-order chi connectivity index (χ0) is 9.71. The van der Waals surface area contributed by atoms with Gasteiger partial charge < -0.3 is 9.88 Å². The predicted molar refractivity (Wildman–Crippen MR) is 55.2 cm³/mol. The number of nitrogens with zero attached hydrogens (tertiary/aromatic N) is 2. The lowest BCUT2D eigenvalue weighted by Gasteiger charge is -2.24. The van der Waals surface area contributed by atoms with E-state index in [0.717, 1.165) is 11.8 Å². The van der Waals surface area contributed by atoms with Gasteiger partial charge in [-0.25, -0.2) is 4.98 Å². The standard InChI is InChI=1S/C11H17N3/c1-7-13-10-3-8-5-12-6-9(8)4-11(10)14(7)2/h8-9,12H,3-6H2,1-2H3. The van der Waals surface area contributed by atoms with E-state index in [2.05, 4.69) is 28.8 Å². The van der Waals surface area contributed by atoms with Gasteiger partial charge in [-0.2, -0.15) is 0 Å². The zero-order valence-corrected chi connectivity index (χ0v) is 8.88. The monoisotopic (exact) mass is 191 g/mol. The maximum absolute atomic E-state index is 4.65. The van der Waals surface area contributed by atoms with Crippen LogP contribution in [0, 0.1) is 18.8 Å². The quantitative estimate of drug-likeness (QED) is 0.653. The van der Waals surface area contributed by atoms with E-state index in [9.17, 15) is 0 Å². The second-order valence-corrected chi connectivity index (χ2v) is 4.70. The van der Waals surface area contributed by atoms with Crippen LogP contribution in [0.2, 0.25) is 0 Å². The van der Waals surface area contributed by atoms with Gasteiger partial charge in [-0.3, -0.25) is 0 Å². The fourth-order valence-corrected chi connectivity index (χ4v) is 2.90. The molecule has 0 radical (unpaired) electrons. The van der Waals surface area contributed by atoms with Crippen molar-refractivity contribution >= 4 is 0 Å². The summed E-state index contributed by atoms with van der Waals surface area (Å²) in [5.74, 6) is 2.87. The molecule has 1 aromatic rings. The van der Waals surface area contributed by atoms with E-state index in [0.29, 0.717) is 0 Å². The summed E-state index contributed by atoms with van der Waals surface area (Å²) in [5, 5.41) is 3.49. The maximum atomic E-state index is 4.65. The van der Waals surface area contributed by atoms with Gasteiger partial charge in [0.15, 0.2) is 0 Å². The first-order valence-electron chi connectivity index (χ1n) is 5.47. The van der Waals surface area contributed by atoms with E-state index >= 15 is 0 Å². The number of aromatic nitrogens is 2. The third-order valence-corrected chi connectivity index (χ3v) is 3.91. The first kappa shape index (κ1) is 8.48. The molecule has 1 N–H and O–H groups in total. The summed E-state index contributed by atoms with van der Waals surface area (Å²) < 4.78 is 2.27. The van der Waals surface area contributed by atoms with E-state index in [1.807, 2.05) is 0 Å². The third kappa shape index (κ3) is 1.05. The largest absolute Gasteiger partial charge is 0.335 e. The molecule has 2 unspecified atom stereocenters. The molecule has 0 aromatic carbocycles. The number of imidazole rings is 1. The zero-order valence-electron chi connectivity index (χ0n) is 8.88. The molecule has 2 aliphatic rings. The van der Waals surface area contributed by atoms with Crippen molar-refractivity contribution in [3.8, 4) is 0 Å². The number of fused-ring (bicyclic) bond motifs is 2. The normalized spacial score (nSPS) is 30.1. The van der Waals surface area contributed by atoms with Crippen LogP contribution in [0.25, 0.3) is 0 Å². The number of rotatable bonds is 0. The molecular weight excluding hydrogens is 174 g/mol. The molecule has 3 nitrogen and oxygen atoms in total. The van der Waals surface area contributed by atoms with Gasteiger partial charge in [0.05, 0.1) is 5.69 Å². The average molecular weight is 191 g/mol. The molecule has 1 fully saturated rings. The van der Waals surface area contributed by atoms with Gasteiger partial charge in [-0.05, 0) is 44.7 Å². The van der Waals surface area contributed by atoms with Crippen LogP contribution in [0.1, 0.15) is 17.2 Å². The number of hydrogen-bond donors (Lipinski definition) is 1. The highest BCUT2D eigenvalue weighted by atomic mass is 15.1. The summed E-state index contributed by atoms with van der Waals surface area (Å²) in [4.78, 5) is 4.65. The predicted octanol–water partition coefficient (Wildman–Crippen LogP) is 0.663. The fraction of sp³-hybridized carbons (Fsp3) is 0.727. The van der Waals surface area contributed by atoms with Crippen LogP contribution in [-0.2, 0) is 19.9 Å². The Balaban J connectivity index is 2.01. The highest BCUT2D eigenvalue weighted by molar-refractivity contribution is 5.22. The Labute approximate surface area is 84.5 Å². The smallest absolute Gasteiger partial charge is 0.105 e. The van der Waals surface area contributed by atoms with E-state index in [-0.39, 0.29) is 0 Å². The Bertz CT molecular complexity index is 367. The summed E-state index contributed by atoms with van der Waals surface area (Å²) in [7, 11) is 2.14. The van der Waals surface area contributed by atoms with E-state index in [1.165, 1.54) is 43.1 Å². The van der Waals surface area contributed by atoms with Crippen molar-refractivity contribution in [3.05, 3.63) is 17.2 Å². The SMILES string of the molecule is Cc1nc2c(n1C)CC1CNCC1C2. The molecule has 0 spiro atoms. The lowest BCUT2D eigenvalue weighted by molar-refractivity contribution is 0.379. The number of aryl methyl sites for hydroxylation is 1. The van der Waals surface area contributed by atoms with Crippen molar-refractivity contribution in [2.24, 2.45) is 18.9 Å². The first-order valence-corrected chi connectivity index (χ1v) is 5.47. The molecule has 1 aliphatic carbocycles. The van der Waals surface area contributed by atoms with Crippen molar-refractivity contribution in [2.75, 3.05) is 13.1 Å².